The third-order valence-electron chi connectivity index (χ3n) is 2.60. The lowest BCUT2D eigenvalue weighted by Gasteiger charge is -2.18. The molecule has 17 heavy (non-hydrogen) atoms. The molecule has 0 saturated carbocycles. The molecule has 1 aromatic rings. The van der Waals surface area contributed by atoms with Gasteiger partial charge in [-0.2, -0.15) is 13.2 Å². The van der Waals surface area contributed by atoms with E-state index in [-0.39, 0.29) is 11.6 Å². The molecule has 1 atom stereocenters. The first kappa shape index (κ1) is 12.1. The molecule has 0 bridgehead atoms. The highest BCUT2D eigenvalue weighted by molar-refractivity contribution is 5.41. The summed E-state index contributed by atoms with van der Waals surface area (Å²) in [4.78, 5) is 8.97. The Balaban J connectivity index is 2.32. The maximum Gasteiger partial charge on any atom is 0.433 e. The summed E-state index contributed by atoms with van der Waals surface area (Å²) in [6, 6.07) is 0.922. The lowest BCUT2D eigenvalue weighted by molar-refractivity contribution is -0.141. The number of halogens is 3. The van der Waals surface area contributed by atoms with Crippen molar-refractivity contribution in [3.8, 4) is 0 Å². The van der Waals surface area contributed by atoms with Crippen LogP contribution in [-0.2, 0) is 6.18 Å². The highest BCUT2D eigenvalue weighted by atomic mass is 19.4. The summed E-state index contributed by atoms with van der Waals surface area (Å²) in [6.07, 6.45) is -4.43. The summed E-state index contributed by atoms with van der Waals surface area (Å²) in [7, 11) is 0. The monoisotopic (exact) mass is 247 g/mol. The maximum absolute atomic E-state index is 12.6. The predicted octanol–water partition coefficient (Wildman–Crippen LogP) is 1.37. The minimum absolute atomic E-state index is 0.0798. The van der Waals surface area contributed by atoms with Gasteiger partial charge in [-0.1, -0.05) is 0 Å². The fourth-order valence-electron chi connectivity index (χ4n) is 1.81. The first-order chi connectivity index (χ1) is 7.86. The number of nitrogens with zero attached hydrogens (tertiary/aromatic N) is 3. The van der Waals surface area contributed by atoms with Gasteiger partial charge in [-0.3, -0.25) is 0 Å². The molecule has 4 nitrogen and oxygen atoms in total. The van der Waals surface area contributed by atoms with Crippen LogP contribution < -0.4 is 4.90 Å². The Morgan fingerprint density at radius 1 is 1.41 bits per heavy atom. The van der Waals surface area contributed by atoms with E-state index in [1.165, 1.54) is 6.92 Å². The SMILES string of the molecule is Cc1nc(N2CCC(O)C2)cc(C(F)(F)F)n1. The minimum Gasteiger partial charge on any atom is -0.391 e. The van der Waals surface area contributed by atoms with Crippen molar-refractivity contribution in [2.75, 3.05) is 18.0 Å². The van der Waals surface area contributed by atoms with Crippen LogP contribution in [0.1, 0.15) is 17.9 Å². The molecular formula is C10H12F3N3O. The Bertz CT molecular complexity index is 422. The molecule has 1 saturated heterocycles. The highest BCUT2D eigenvalue weighted by Crippen LogP contribution is 2.30. The van der Waals surface area contributed by atoms with Crippen molar-refractivity contribution in [1.82, 2.24) is 9.97 Å². The van der Waals surface area contributed by atoms with Crippen LogP contribution in [0, 0.1) is 6.92 Å². The second kappa shape index (κ2) is 4.14. The van der Waals surface area contributed by atoms with Gasteiger partial charge >= 0.3 is 6.18 Å². The van der Waals surface area contributed by atoms with Crippen LogP contribution in [0.3, 0.4) is 0 Å². The fraction of sp³-hybridized carbons (Fsp3) is 0.600. The van der Waals surface area contributed by atoms with E-state index in [2.05, 4.69) is 9.97 Å². The van der Waals surface area contributed by atoms with Crippen molar-refractivity contribution >= 4 is 5.82 Å². The van der Waals surface area contributed by atoms with Crippen molar-refractivity contribution < 1.29 is 18.3 Å². The second-order valence-electron chi connectivity index (χ2n) is 4.04. The van der Waals surface area contributed by atoms with Crippen LogP contribution in [0.2, 0.25) is 0 Å². The molecule has 1 N–H and O–H groups in total. The van der Waals surface area contributed by atoms with Crippen LogP contribution in [0.4, 0.5) is 19.0 Å². The van der Waals surface area contributed by atoms with Crippen molar-refractivity contribution in [2.45, 2.75) is 25.6 Å². The molecule has 0 aromatic carbocycles. The van der Waals surface area contributed by atoms with Crippen molar-refractivity contribution in [1.29, 1.82) is 0 Å². The van der Waals surface area contributed by atoms with Gasteiger partial charge < -0.3 is 10.0 Å². The molecule has 2 heterocycles. The van der Waals surface area contributed by atoms with Crippen molar-refractivity contribution in [3.05, 3.63) is 17.6 Å². The first-order valence-corrected chi connectivity index (χ1v) is 5.22. The lowest BCUT2D eigenvalue weighted by atomic mass is 10.3. The average Bonchev–Trinajstić information content (AvgIpc) is 2.62. The molecule has 2 rings (SSSR count). The summed E-state index contributed by atoms with van der Waals surface area (Å²) in [5, 5.41) is 9.35. The molecule has 1 unspecified atom stereocenters. The number of rotatable bonds is 1. The zero-order valence-electron chi connectivity index (χ0n) is 9.20. The van der Waals surface area contributed by atoms with Gasteiger partial charge in [-0.15, -0.1) is 0 Å². The number of aliphatic hydroxyl groups excluding tert-OH is 1. The van der Waals surface area contributed by atoms with Gasteiger partial charge in [0.2, 0.25) is 0 Å². The van der Waals surface area contributed by atoms with Gasteiger partial charge in [0.25, 0.3) is 0 Å². The van der Waals surface area contributed by atoms with Gasteiger partial charge in [-0.25, -0.2) is 9.97 Å². The topological polar surface area (TPSA) is 49.2 Å². The molecule has 1 aliphatic heterocycles. The Morgan fingerprint density at radius 3 is 2.65 bits per heavy atom. The van der Waals surface area contributed by atoms with E-state index in [1.54, 1.807) is 4.90 Å². The van der Waals surface area contributed by atoms with E-state index in [9.17, 15) is 18.3 Å². The largest absolute Gasteiger partial charge is 0.433 e. The Labute approximate surface area is 96.1 Å². The normalized spacial score (nSPS) is 21.0. The molecular weight excluding hydrogens is 235 g/mol. The molecule has 1 fully saturated rings. The predicted molar refractivity (Wildman–Crippen MR) is 54.6 cm³/mol. The standard InChI is InChI=1S/C10H12F3N3O/c1-6-14-8(10(11,12)13)4-9(15-6)16-3-2-7(17)5-16/h4,7,17H,2-3,5H2,1H3. The molecule has 0 amide bonds. The maximum atomic E-state index is 12.6. The van der Waals surface area contributed by atoms with Crippen LogP contribution in [0.25, 0.3) is 0 Å². The summed E-state index contributed by atoms with van der Waals surface area (Å²) >= 11 is 0. The van der Waals surface area contributed by atoms with E-state index in [0.717, 1.165) is 6.07 Å². The fourth-order valence-corrected chi connectivity index (χ4v) is 1.81. The van der Waals surface area contributed by atoms with Gasteiger partial charge in [0.05, 0.1) is 6.10 Å². The van der Waals surface area contributed by atoms with E-state index in [0.29, 0.717) is 19.5 Å². The van der Waals surface area contributed by atoms with E-state index >= 15 is 0 Å². The third kappa shape index (κ3) is 2.66. The molecule has 0 aliphatic carbocycles. The summed E-state index contributed by atoms with van der Waals surface area (Å²) in [6.45, 7) is 2.24. The van der Waals surface area contributed by atoms with E-state index in [4.69, 9.17) is 0 Å². The third-order valence-corrected chi connectivity index (χ3v) is 2.60. The van der Waals surface area contributed by atoms with Gasteiger partial charge in [0.15, 0.2) is 0 Å². The summed E-state index contributed by atoms with van der Waals surface area (Å²) in [5.74, 6) is 0.303. The van der Waals surface area contributed by atoms with Gasteiger partial charge in [-0.05, 0) is 13.3 Å². The van der Waals surface area contributed by atoms with Crippen LogP contribution >= 0.6 is 0 Å². The van der Waals surface area contributed by atoms with Crippen LogP contribution in [0.15, 0.2) is 6.07 Å². The molecule has 1 aliphatic rings. The second-order valence-corrected chi connectivity index (χ2v) is 4.04. The van der Waals surface area contributed by atoms with Crippen LogP contribution in [0.5, 0.6) is 0 Å². The highest BCUT2D eigenvalue weighted by Gasteiger charge is 2.34. The Hall–Kier alpha value is -1.37. The number of alkyl halides is 3. The number of β-amino-alcohol motifs (C(OH)–C–C–N with tert-alkyl or cyclic N) is 1. The lowest BCUT2D eigenvalue weighted by Crippen LogP contribution is -2.23. The van der Waals surface area contributed by atoms with E-state index < -0.39 is 18.0 Å². The van der Waals surface area contributed by atoms with E-state index in [1.807, 2.05) is 0 Å². The number of hydrogen-bond acceptors (Lipinski definition) is 4. The molecule has 0 radical (unpaired) electrons. The van der Waals surface area contributed by atoms with Gasteiger partial charge in [0.1, 0.15) is 17.3 Å². The zero-order chi connectivity index (χ0) is 12.6. The number of hydrogen-bond donors (Lipinski definition) is 1. The Kier molecular flexibility index (Phi) is 2.94. The summed E-state index contributed by atoms with van der Waals surface area (Å²) < 4.78 is 37.7. The summed E-state index contributed by atoms with van der Waals surface area (Å²) in [5.41, 5.74) is -0.943. The number of aliphatic hydroxyl groups is 1. The number of anilines is 1. The number of aromatic nitrogens is 2. The zero-order valence-corrected chi connectivity index (χ0v) is 9.20. The quantitative estimate of drug-likeness (QED) is 0.814. The smallest absolute Gasteiger partial charge is 0.391 e. The first-order valence-electron chi connectivity index (χ1n) is 5.22. The van der Waals surface area contributed by atoms with Crippen molar-refractivity contribution in [3.63, 3.8) is 0 Å². The average molecular weight is 247 g/mol. The molecule has 1 aromatic heterocycles. The van der Waals surface area contributed by atoms with Gasteiger partial charge in [0, 0.05) is 19.2 Å². The number of aryl methyl sites for hydroxylation is 1. The molecule has 0 spiro atoms. The molecule has 94 valence electrons. The van der Waals surface area contributed by atoms with Crippen LogP contribution in [-0.4, -0.2) is 34.3 Å². The Morgan fingerprint density at radius 2 is 2.12 bits per heavy atom. The molecule has 7 heteroatoms. The minimum atomic E-state index is -4.47. The van der Waals surface area contributed by atoms with Crippen molar-refractivity contribution in [2.24, 2.45) is 0 Å².